The minimum absolute atomic E-state index is 0.681. The molecule has 2 heterocycles. The number of hydrogen-bond acceptors (Lipinski definition) is 6. The summed E-state index contributed by atoms with van der Waals surface area (Å²) in [6, 6.07) is 16.7. The lowest BCUT2D eigenvalue weighted by Crippen LogP contribution is -2.39. The third kappa shape index (κ3) is 14.0. The Morgan fingerprint density at radius 1 is 0.591 bits per heavy atom. The first-order valence-corrected chi connectivity index (χ1v) is 12.3. The van der Waals surface area contributed by atoms with Crippen molar-refractivity contribution < 1.29 is 53.4 Å². The molecule has 0 aliphatic heterocycles. The molecule has 2 aromatic carbocycles. The maximum absolute atomic E-state index is 9.75. The van der Waals surface area contributed by atoms with E-state index in [0.29, 0.717) is 12.0 Å². The Morgan fingerprint density at radius 2 is 0.864 bits per heavy atom. The Bertz CT molecular complexity index is 1400. The van der Waals surface area contributed by atoms with E-state index in [9.17, 15) is 34.5 Å². The van der Waals surface area contributed by atoms with Gasteiger partial charge in [0, 0.05) is 0 Å². The van der Waals surface area contributed by atoms with Crippen molar-refractivity contribution in [2.45, 2.75) is 0 Å². The van der Waals surface area contributed by atoms with Gasteiger partial charge < -0.3 is 34.5 Å². The van der Waals surface area contributed by atoms with Crippen LogP contribution < -0.4 is 9.68 Å². The summed E-state index contributed by atoms with van der Waals surface area (Å²) in [5, 5.41) is 16.0. The number of nitrogens with zero attached hydrogens (tertiary/aromatic N) is 10. The van der Waals surface area contributed by atoms with E-state index >= 15 is 0 Å². The zero-order valence-electron chi connectivity index (χ0n) is 25.1. The van der Waals surface area contributed by atoms with Crippen LogP contribution in [0.2, 0.25) is 0 Å². The summed E-state index contributed by atoms with van der Waals surface area (Å²) < 4.78 is 81.7. The Kier molecular flexibility index (Phi) is 13.8. The molecule has 0 atom stereocenters. The number of halogens is 8. The predicted molar refractivity (Wildman–Crippen MR) is 150 cm³/mol. The van der Waals surface area contributed by atoms with Crippen LogP contribution in [0, 0.1) is 0 Å². The Morgan fingerprint density at radius 3 is 1.11 bits per heavy atom. The van der Waals surface area contributed by atoms with Gasteiger partial charge >= 0.3 is 26.6 Å². The second-order valence-electron chi connectivity index (χ2n) is 9.22. The molecule has 0 saturated heterocycles. The highest BCUT2D eigenvalue weighted by molar-refractivity contribution is 6.50. The normalized spacial score (nSPS) is 10.7. The fraction of sp³-hybridized carbons (Fsp3) is 0.364. The molecule has 12 nitrogen and oxygen atoms in total. The topological polar surface area (TPSA) is 92.4 Å². The van der Waals surface area contributed by atoms with Gasteiger partial charge in [0.05, 0.1) is 56.4 Å². The molecule has 0 radical (unpaired) electrons. The molecule has 244 valence electrons. The summed E-state index contributed by atoms with van der Waals surface area (Å²) in [7, 11) is 3.29. The monoisotopic (exact) mass is 642 g/mol. The first-order valence-electron chi connectivity index (χ1n) is 12.3. The van der Waals surface area contributed by atoms with Gasteiger partial charge in [0.2, 0.25) is 0 Å². The maximum atomic E-state index is 9.75. The van der Waals surface area contributed by atoms with Crippen LogP contribution in [0.4, 0.5) is 34.5 Å². The largest absolute Gasteiger partial charge is 0.673 e. The van der Waals surface area contributed by atoms with Crippen LogP contribution in [0.1, 0.15) is 0 Å². The number of amidine groups is 2. The maximum Gasteiger partial charge on any atom is 0.673 e. The summed E-state index contributed by atoms with van der Waals surface area (Å²) in [4.78, 5) is 18.0. The standard InChI is InChI=1S/2C11H16N5O.2BF4/c2*1-14(2)11(15(3)4)17-16-10-8-6-5-7-9(10)12-13-16;2*2-1(3,4)5/h2*5-8H,1-4H3;;/q2*+1;2*-1. The molecule has 4 rings (SSSR count). The molecule has 22 heteroatoms. The van der Waals surface area contributed by atoms with Gasteiger partial charge in [0.15, 0.2) is 0 Å². The van der Waals surface area contributed by atoms with E-state index in [1.54, 1.807) is 0 Å². The smallest absolute Gasteiger partial charge is 0.418 e. The van der Waals surface area contributed by atoms with Crippen molar-refractivity contribution in [1.82, 2.24) is 40.1 Å². The van der Waals surface area contributed by atoms with E-state index in [-0.39, 0.29) is 0 Å². The van der Waals surface area contributed by atoms with Crippen LogP contribution in [0.3, 0.4) is 0 Å². The van der Waals surface area contributed by atoms with Gasteiger partial charge in [-0.15, -0.1) is 10.2 Å². The third-order valence-corrected chi connectivity index (χ3v) is 4.51. The molecule has 0 aliphatic carbocycles. The van der Waals surface area contributed by atoms with Crippen molar-refractivity contribution in [3.05, 3.63) is 48.5 Å². The van der Waals surface area contributed by atoms with Crippen LogP contribution in [0.25, 0.3) is 22.1 Å². The summed E-state index contributed by atoms with van der Waals surface area (Å²) in [6.07, 6.45) is 0. The number of para-hydroxylation sites is 2. The molecule has 4 aromatic rings. The van der Waals surface area contributed by atoms with Crippen molar-refractivity contribution in [1.29, 1.82) is 0 Å². The molecule has 0 unspecified atom stereocenters. The molecule has 0 fully saturated rings. The molecule has 0 N–H and O–H groups in total. The minimum atomic E-state index is -6.00. The van der Waals surface area contributed by atoms with Gasteiger partial charge in [0.25, 0.3) is 0 Å². The zero-order valence-corrected chi connectivity index (χ0v) is 25.1. The van der Waals surface area contributed by atoms with Crippen LogP contribution >= 0.6 is 0 Å². The highest BCUT2D eigenvalue weighted by Gasteiger charge is 2.21. The third-order valence-electron chi connectivity index (χ3n) is 4.51. The lowest BCUT2D eigenvalue weighted by molar-refractivity contribution is -0.480. The van der Waals surface area contributed by atoms with Crippen molar-refractivity contribution >= 4 is 48.6 Å². The van der Waals surface area contributed by atoms with E-state index in [2.05, 4.69) is 20.6 Å². The lowest BCUT2D eigenvalue weighted by atomic mass is 10.3. The lowest BCUT2D eigenvalue weighted by Gasteiger charge is -2.10. The summed E-state index contributed by atoms with van der Waals surface area (Å²) in [5.41, 5.74) is 3.30. The molecule has 0 aliphatic rings. The van der Waals surface area contributed by atoms with Crippen molar-refractivity contribution in [2.24, 2.45) is 0 Å². The van der Waals surface area contributed by atoms with E-state index in [4.69, 9.17) is 9.68 Å². The van der Waals surface area contributed by atoms with Crippen LogP contribution in [0.15, 0.2) is 48.5 Å². The zero-order chi connectivity index (χ0) is 33.8. The fourth-order valence-corrected chi connectivity index (χ4v) is 3.11. The Labute approximate surface area is 247 Å². The quantitative estimate of drug-likeness (QED) is 0.109. The average molecular weight is 642 g/mol. The fourth-order valence-electron chi connectivity index (χ4n) is 3.11. The second-order valence-corrected chi connectivity index (χ2v) is 9.22. The SMILES string of the molecule is CN(C)C(On1nnc2ccccc21)=[N+](C)C.CN(C)C(On1nnc2ccccc21)=[N+](C)C.F[B-](F)(F)F.F[B-](F)(F)F. The first-order chi connectivity index (χ1) is 20.2. The average Bonchev–Trinajstić information content (AvgIpc) is 3.47. The first kappa shape index (κ1) is 37.4. The summed E-state index contributed by atoms with van der Waals surface area (Å²) in [5.74, 6) is 0. The minimum Gasteiger partial charge on any atom is -0.418 e. The van der Waals surface area contributed by atoms with Crippen molar-refractivity contribution in [2.75, 3.05) is 56.4 Å². The molecule has 0 amide bonds. The molecule has 2 aromatic heterocycles. The number of aromatic nitrogens is 6. The molecule has 0 saturated carbocycles. The van der Waals surface area contributed by atoms with Crippen molar-refractivity contribution in [3.8, 4) is 0 Å². The molecule has 0 spiro atoms. The Hall–Kier alpha value is -4.65. The summed E-state index contributed by atoms with van der Waals surface area (Å²) in [6.45, 7) is 0. The molecule has 0 bridgehead atoms. The molecular formula is C22H32B2F8N10O2. The van der Waals surface area contributed by atoms with Gasteiger partial charge in [-0.3, -0.25) is 9.68 Å². The Balaban J connectivity index is 0.000000338. The van der Waals surface area contributed by atoms with Gasteiger partial charge in [-0.1, -0.05) is 34.0 Å². The van der Waals surface area contributed by atoms with Crippen LogP contribution in [-0.4, -0.2) is 132 Å². The van der Waals surface area contributed by atoms with Crippen LogP contribution in [-0.2, 0) is 0 Å². The van der Waals surface area contributed by atoms with E-state index < -0.39 is 14.5 Å². The molecule has 44 heavy (non-hydrogen) atoms. The van der Waals surface area contributed by atoms with Crippen LogP contribution in [0.5, 0.6) is 0 Å². The van der Waals surface area contributed by atoms with E-state index in [1.165, 1.54) is 9.69 Å². The van der Waals surface area contributed by atoms with Gasteiger partial charge in [-0.2, -0.15) is 0 Å². The van der Waals surface area contributed by atoms with E-state index in [1.807, 2.05) is 124 Å². The number of benzene rings is 2. The number of rotatable bonds is 2. The number of hydrogen-bond donors (Lipinski definition) is 0. The predicted octanol–water partition coefficient (Wildman–Crippen LogP) is 2.70. The number of fused-ring (bicyclic) bond motifs is 2. The van der Waals surface area contributed by atoms with Gasteiger partial charge in [-0.05, 0) is 34.7 Å². The van der Waals surface area contributed by atoms with E-state index in [0.717, 1.165) is 22.1 Å². The van der Waals surface area contributed by atoms with Crippen molar-refractivity contribution in [3.63, 3.8) is 0 Å². The van der Waals surface area contributed by atoms with Gasteiger partial charge in [0.1, 0.15) is 22.1 Å². The molecular weight excluding hydrogens is 610 g/mol. The van der Waals surface area contributed by atoms with Gasteiger partial charge in [-0.25, -0.2) is 19.0 Å². The summed E-state index contributed by atoms with van der Waals surface area (Å²) >= 11 is 0. The highest BCUT2D eigenvalue weighted by atomic mass is 19.5. The second kappa shape index (κ2) is 16.3. The highest BCUT2D eigenvalue weighted by Crippen LogP contribution is 2.09.